The SMILES string of the molecule is CN(C(=O)OC[C@@H]1CC[C@H]1CN1C[C@@]2(CCCc3cc(Cl)ccc32)COc2ccc(S(N)(=O)=O)cc21)[C@@H]1CCN(C(=O)n2cccc2)C1. The standard InChI is InChI=1S/C35H42ClN5O6S/c1-38(28-12-16-40(20-28)33(42)39-14-2-3-15-39)34(43)46-21-26-7-6-25(26)19-41-22-35(13-4-5-24-17-27(36)8-10-30(24)35)23-47-32-11-9-29(18-31(32)41)48(37,44)45/h2-3,8-11,14-15,17-18,25-26,28H,4-7,12-13,16,19-23H2,1H3,(H2,37,44,45)/t25-,26-,28+,35-/m0/s1. The van der Waals surface area contributed by atoms with Crippen LogP contribution < -0.4 is 14.8 Å². The number of hydrogen-bond donors (Lipinski definition) is 1. The molecule has 2 fully saturated rings. The zero-order chi connectivity index (χ0) is 33.6. The molecule has 2 aliphatic carbocycles. The number of amides is 2. The average molecular weight is 696 g/mol. The van der Waals surface area contributed by atoms with Gasteiger partial charge in [-0.1, -0.05) is 17.7 Å². The van der Waals surface area contributed by atoms with Gasteiger partial charge in [-0.05, 0) is 104 Å². The third-order valence-electron chi connectivity index (χ3n) is 10.9. The molecule has 0 unspecified atom stereocenters. The Bertz CT molecular complexity index is 1800. The van der Waals surface area contributed by atoms with Gasteiger partial charge in [0.1, 0.15) is 5.75 Å². The van der Waals surface area contributed by atoms with Gasteiger partial charge in [-0.25, -0.2) is 23.1 Å². The predicted octanol–water partition coefficient (Wildman–Crippen LogP) is 5.10. The number of benzene rings is 2. The number of carbonyl (C=O) groups is 2. The van der Waals surface area contributed by atoms with E-state index in [1.54, 1.807) is 45.9 Å². The molecule has 4 aliphatic rings. The maximum Gasteiger partial charge on any atom is 0.409 e. The molecule has 2 aliphatic heterocycles. The molecule has 256 valence electrons. The number of likely N-dealkylation sites (N-methyl/N-ethyl adjacent to an activating group) is 1. The van der Waals surface area contributed by atoms with Crippen LogP contribution in [0.25, 0.3) is 0 Å². The lowest BCUT2D eigenvalue weighted by atomic mass is 9.69. The van der Waals surface area contributed by atoms with Crippen molar-refractivity contribution < 1.29 is 27.5 Å². The van der Waals surface area contributed by atoms with Gasteiger partial charge in [-0.2, -0.15) is 0 Å². The van der Waals surface area contributed by atoms with Gasteiger partial charge in [0.15, 0.2) is 0 Å². The van der Waals surface area contributed by atoms with E-state index >= 15 is 0 Å². The van der Waals surface area contributed by atoms with Crippen molar-refractivity contribution in [1.82, 2.24) is 14.4 Å². The molecule has 1 aromatic heterocycles. The summed E-state index contributed by atoms with van der Waals surface area (Å²) in [5, 5.41) is 6.27. The molecule has 11 nitrogen and oxygen atoms in total. The lowest BCUT2D eigenvalue weighted by Crippen LogP contribution is -2.49. The minimum absolute atomic E-state index is 0.0456. The van der Waals surface area contributed by atoms with E-state index in [9.17, 15) is 18.0 Å². The number of nitrogens with zero attached hydrogens (tertiary/aromatic N) is 4. The fraction of sp³-hybridized carbons (Fsp3) is 0.486. The zero-order valence-electron chi connectivity index (χ0n) is 27.1. The van der Waals surface area contributed by atoms with E-state index in [4.69, 9.17) is 26.2 Å². The summed E-state index contributed by atoms with van der Waals surface area (Å²) < 4.78 is 38.6. The van der Waals surface area contributed by atoms with Crippen molar-refractivity contribution in [3.63, 3.8) is 0 Å². The number of carbonyl (C=O) groups excluding carboxylic acids is 2. The van der Waals surface area contributed by atoms with Gasteiger partial charge in [0, 0.05) is 56.1 Å². The highest BCUT2D eigenvalue weighted by Gasteiger charge is 2.44. The number of primary sulfonamides is 1. The van der Waals surface area contributed by atoms with E-state index in [0.29, 0.717) is 62.3 Å². The number of anilines is 1. The van der Waals surface area contributed by atoms with E-state index in [1.165, 1.54) is 17.2 Å². The maximum absolute atomic E-state index is 13.2. The number of rotatable bonds is 6. The largest absolute Gasteiger partial charge is 0.490 e. The maximum atomic E-state index is 13.2. The quantitative estimate of drug-likeness (QED) is 0.380. The molecule has 3 aromatic rings. The summed E-state index contributed by atoms with van der Waals surface area (Å²) in [5.41, 5.74) is 2.86. The molecule has 2 aromatic carbocycles. The summed E-state index contributed by atoms with van der Waals surface area (Å²) in [5.74, 6) is 1.03. The van der Waals surface area contributed by atoms with Gasteiger partial charge < -0.3 is 24.2 Å². The van der Waals surface area contributed by atoms with Crippen LogP contribution in [0.15, 0.2) is 65.8 Å². The van der Waals surface area contributed by atoms with E-state index < -0.39 is 10.0 Å². The minimum atomic E-state index is -3.92. The molecule has 1 saturated heterocycles. The molecule has 48 heavy (non-hydrogen) atoms. The van der Waals surface area contributed by atoms with Gasteiger partial charge in [0.2, 0.25) is 10.0 Å². The second-order valence-corrected chi connectivity index (χ2v) is 15.8. The number of sulfonamides is 1. The van der Waals surface area contributed by atoms with Crippen LogP contribution in [0.3, 0.4) is 0 Å². The Morgan fingerprint density at radius 3 is 2.65 bits per heavy atom. The van der Waals surface area contributed by atoms with Crippen LogP contribution in [0.1, 0.15) is 43.2 Å². The van der Waals surface area contributed by atoms with Crippen molar-refractivity contribution >= 4 is 39.4 Å². The van der Waals surface area contributed by atoms with Crippen molar-refractivity contribution in [1.29, 1.82) is 0 Å². The van der Waals surface area contributed by atoms with Crippen LogP contribution in [0.4, 0.5) is 15.3 Å². The number of aromatic nitrogens is 1. The number of fused-ring (bicyclic) bond motifs is 3. The Morgan fingerprint density at radius 2 is 1.90 bits per heavy atom. The van der Waals surface area contributed by atoms with Gasteiger partial charge in [0.25, 0.3) is 0 Å². The lowest BCUT2D eigenvalue weighted by molar-refractivity contribution is 0.0441. The minimum Gasteiger partial charge on any atom is -0.490 e. The third-order valence-corrected chi connectivity index (χ3v) is 12.0. The molecule has 0 bridgehead atoms. The topological polar surface area (TPSA) is 127 Å². The van der Waals surface area contributed by atoms with Gasteiger partial charge in [-0.15, -0.1) is 0 Å². The highest BCUT2D eigenvalue weighted by molar-refractivity contribution is 7.89. The van der Waals surface area contributed by atoms with Gasteiger partial charge in [0.05, 0.1) is 29.8 Å². The molecule has 7 rings (SSSR count). The summed E-state index contributed by atoms with van der Waals surface area (Å²) >= 11 is 6.39. The predicted molar refractivity (Wildman–Crippen MR) is 182 cm³/mol. The lowest BCUT2D eigenvalue weighted by Gasteiger charge is -2.44. The zero-order valence-corrected chi connectivity index (χ0v) is 28.7. The monoisotopic (exact) mass is 695 g/mol. The molecular formula is C35H42ClN5O6S. The van der Waals surface area contributed by atoms with E-state index in [2.05, 4.69) is 17.0 Å². The summed E-state index contributed by atoms with van der Waals surface area (Å²) in [4.78, 5) is 31.6. The summed E-state index contributed by atoms with van der Waals surface area (Å²) in [6.07, 6.45) is 8.55. The molecule has 1 saturated carbocycles. The first-order chi connectivity index (χ1) is 23.0. The van der Waals surface area contributed by atoms with Crippen molar-refractivity contribution in [2.24, 2.45) is 17.0 Å². The number of ether oxygens (including phenoxy) is 2. The fourth-order valence-electron chi connectivity index (χ4n) is 7.94. The summed E-state index contributed by atoms with van der Waals surface area (Å²) in [6, 6.07) is 14.4. The first-order valence-corrected chi connectivity index (χ1v) is 18.6. The van der Waals surface area contributed by atoms with E-state index in [1.807, 2.05) is 18.2 Å². The van der Waals surface area contributed by atoms with Crippen molar-refractivity contribution in [3.05, 3.63) is 77.1 Å². The number of halogens is 1. The first-order valence-electron chi connectivity index (χ1n) is 16.7. The molecule has 13 heteroatoms. The number of likely N-dealkylation sites (tertiary alicyclic amines) is 1. The van der Waals surface area contributed by atoms with Crippen molar-refractivity contribution in [2.45, 2.75) is 54.9 Å². The number of nitrogens with two attached hydrogens (primary N) is 1. The van der Waals surface area contributed by atoms with E-state index in [0.717, 1.165) is 32.1 Å². The molecule has 3 heterocycles. The number of hydrogen-bond acceptors (Lipinski definition) is 7. The highest BCUT2D eigenvalue weighted by Crippen LogP contribution is 2.46. The van der Waals surface area contributed by atoms with Crippen LogP contribution in [-0.4, -0.2) is 87.4 Å². The van der Waals surface area contributed by atoms with Crippen LogP contribution in [-0.2, 0) is 26.6 Å². The Balaban J connectivity index is 1.05. The third kappa shape index (κ3) is 6.37. The van der Waals surface area contributed by atoms with Gasteiger partial charge >= 0.3 is 12.1 Å². The van der Waals surface area contributed by atoms with Crippen molar-refractivity contribution in [2.75, 3.05) is 51.3 Å². The second-order valence-electron chi connectivity index (χ2n) is 13.8. The Morgan fingerprint density at radius 1 is 1.10 bits per heavy atom. The highest BCUT2D eigenvalue weighted by atomic mass is 35.5. The average Bonchev–Trinajstić information content (AvgIpc) is 3.75. The normalized spacial score (nSPS) is 25.0. The van der Waals surface area contributed by atoms with Crippen LogP contribution in [0, 0.1) is 11.8 Å². The fourth-order valence-corrected chi connectivity index (χ4v) is 8.67. The Hall–Kier alpha value is -3.74. The smallest absolute Gasteiger partial charge is 0.409 e. The molecule has 2 N–H and O–H groups in total. The molecule has 2 amide bonds. The Kier molecular flexibility index (Phi) is 8.84. The first kappa shape index (κ1) is 32.8. The van der Waals surface area contributed by atoms with Crippen LogP contribution in [0.2, 0.25) is 5.02 Å². The van der Waals surface area contributed by atoms with Crippen LogP contribution >= 0.6 is 11.6 Å². The molecule has 0 radical (unpaired) electrons. The van der Waals surface area contributed by atoms with Gasteiger partial charge in [-0.3, -0.25) is 4.57 Å². The van der Waals surface area contributed by atoms with Crippen LogP contribution in [0.5, 0.6) is 5.75 Å². The summed E-state index contributed by atoms with van der Waals surface area (Å²) in [7, 11) is -2.19. The second kappa shape index (κ2) is 12.9. The summed E-state index contributed by atoms with van der Waals surface area (Å²) in [6.45, 7) is 3.11. The molecular weight excluding hydrogens is 654 g/mol. The van der Waals surface area contributed by atoms with Crippen molar-refractivity contribution in [3.8, 4) is 5.75 Å². The molecule has 1 spiro atoms. The Labute approximate surface area is 286 Å². The van der Waals surface area contributed by atoms with E-state index in [-0.39, 0.29) is 40.3 Å². The number of aryl methyl sites for hydroxylation is 1. The molecule has 4 atom stereocenters.